The van der Waals surface area contributed by atoms with Crippen LogP contribution < -0.4 is 5.43 Å². The first kappa shape index (κ1) is 13.7. The van der Waals surface area contributed by atoms with Gasteiger partial charge in [-0.1, -0.05) is 0 Å². The summed E-state index contributed by atoms with van der Waals surface area (Å²) in [6.07, 6.45) is 0. The van der Waals surface area contributed by atoms with E-state index in [0.717, 1.165) is 0 Å². The zero-order valence-corrected chi connectivity index (χ0v) is 9.80. The van der Waals surface area contributed by atoms with Gasteiger partial charge in [0, 0.05) is 0 Å². The molecular weight excluding hydrogens is 246 g/mol. The lowest BCUT2D eigenvalue weighted by Crippen LogP contribution is -2.06. The molecule has 0 atom stereocenters. The zero-order chi connectivity index (χ0) is 14.4. The Labute approximate surface area is 108 Å². The number of hydrogen-bond donors (Lipinski definition) is 2. The van der Waals surface area contributed by atoms with Gasteiger partial charge in [0.05, 0.1) is 22.9 Å². The van der Waals surface area contributed by atoms with E-state index in [9.17, 15) is 4.79 Å². The van der Waals surface area contributed by atoms with E-state index >= 15 is 0 Å². The Morgan fingerprint density at radius 2 is 1.95 bits per heavy atom. The summed E-state index contributed by atoms with van der Waals surface area (Å²) >= 11 is 0. The van der Waals surface area contributed by atoms with Crippen molar-refractivity contribution in [2.45, 2.75) is 6.92 Å². The summed E-state index contributed by atoms with van der Waals surface area (Å²) in [6.45, 7) is 1.59. The van der Waals surface area contributed by atoms with Crippen molar-refractivity contribution < 1.29 is 9.90 Å². The number of hydrazone groups is 1. The molecule has 0 aliphatic carbocycles. The van der Waals surface area contributed by atoms with Gasteiger partial charge in [-0.3, -0.25) is 5.43 Å². The van der Waals surface area contributed by atoms with Gasteiger partial charge < -0.3 is 5.11 Å². The maximum absolute atomic E-state index is 11.1. The lowest BCUT2D eigenvalue weighted by atomic mass is 10.0. The van der Waals surface area contributed by atoms with Crippen LogP contribution in [0.3, 0.4) is 0 Å². The number of rotatable bonds is 3. The van der Waals surface area contributed by atoms with Gasteiger partial charge >= 0.3 is 5.97 Å². The molecule has 0 aliphatic rings. The molecule has 1 aromatic carbocycles. The molecule has 0 saturated heterocycles. The van der Waals surface area contributed by atoms with Gasteiger partial charge in [0.2, 0.25) is 5.71 Å². The second-order valence-corrected chi connectivity index (χ2v) is 3.43. The molecule has 19 heavy (non-hydrogen) atoms. The number of benzene rings is 1. The maximum atomic E-state index is 11.1. The predicted molar refractivity (Wildman–Crippen MR) is 65.1 cm³/mol. The van der Waals surface area contributed by atoms with Crippen molar-refractivity contribution in [3.8, 4) is 18.2 Å². The Hall–Kier alpha value is -3.37. The molecule has 7 nitrogen and oxygen atoms in total. The van der Waals surface area contributed by atoms with Crippen LogP contribution in [-0.4, -0.2) is 16.8 Å². The predicted octanol–water partition coefficient (Wildman–Crippen LogP) is 1.38. The molecule has 0 amide bonds. The van der Waals surface area contributed by atoms with Crippen molar-refractivity contribution in [2.24, 2.45) is 5.10 Å². The lowest BCUT2D eigenvalue weighted by molar-refractivity contribution is 0.0698. The summed E-state index contributed by atoms with van der Waals surface area (Å²) in [4.78, 5) is 11.1. The number of nitrogens with zero attached hydrogens (tertiary/aromatic N) is 4. The summed E-state index contributed by atoms with van der Waals surface area (Å²) in [5, 5.41) is 38.4. The van der Waals surface area contributed by atoms with Crippen LogP contribution in [0.15, 0.2) is 17.2 Å². The molecule has 0 aromatic heterocycles. The molecule has 0 aliphatic heterocycles. The lowest BCUT2D eigenvalue weighted by Gasteiger charge is -2.09. The molecule has 0 bridgehead atoms. The molecule has 1 rings (SSSR count). The second-order valence-electron chi connectivity index (χ2n) is 3.43. The summed E-state index contributed by atoms with van der Waals surface area (Å²) in [6, 6.07) is 7.59. The van der Waals surface area contributed by atoms with E-state index < -0.39 is 11.7 Å². The van der Waals surface area contributed by atoms with E-state index in [-0.39, 0.29) is 16.8 Å². The number of aryl methyl sites for hydroxylation is 1. The number of aromatic carboxylic acids is 1. The van der Waals surface area contributed by atoms with Crippen molar-refractivity contribution in [3.05, 3.63) is 28.8 Å². The maximum Gasteiger partial charge on any atom is 0.337 e. The highest BCUT2D eigenvalue weighted by atomic mass is 16.4. The molecule has 92 valence electrons. The molecule has 0 unspecified atom stereocenters. The number of carboxylic acids is 1. The highest BCUT2D eigenvalue weighted by Gasteiger charge is 2.14. The van der Waals surface area contributed by atoms with Crippen LogP contribution in [0.2, 0.25) is 0 Å². The van der Waals surface area contributed by atoms with E-state index in [0.29, 0.717) is 5.56 Å². The van der Waals surface area contributed by atoms with Gasteiger partial charge in [0.15, 0.2) is 0 Å². The zero-order valence-electron chi connectivity index (χ0n) is 9.80. The monoisotopic (exact) mass is 253 g/mol. The first-order valence-corrected chi connectivity index (χ1v) is 4.95. The largest absolute Gasteiger partial charge is 0.478 e. The third-order valence-electron chi connectivity index (χ3n) is 2.19. The number of nitriles is 3. The molecule has 0 radical (unpaired) electrons. The molecule has 0 saturated carbocycles. The number of nitrogens with one attached hydrogen (secondary N) is 1. The van der Waals surface area contributed by atoms with Crippen LogP contribution in [0.1, 0.15) is 21.5 Å². The molecule has 0 spiro atoms. The van der Waals surface area contributed by atoms with Gasteiger partial charge in [0.1, 0.15) is 12.1 Å². The van der Waals surface area contributed by atoms with Crippen LogP contribution in [-0.2, 0) is 0 Å². The molecule has 0 heterocycles. The highest BCUT2D eigenvalue weighted by Crippen LogP contribution is 2.23. The van der Waals surface area contributed by atoms with Crippen LogP contribution >= 0.6 is 0 Å². The van der Waals surface area contributed by atoms with Crippen LogP contribution in [0, 0.1) is 40.9 Å². The third kappa shape index (κ3) is 3.06. The van der Waals surface area contributed by atoms with E-state index in [1.54, 1.807) is 6.92 Å². The van der Waals surface area contributed by atoms with Crippen molar-refractivity contribution in [1.29, 1.82) is 15.8 Å². The Morgan fingerprint density at radius 3 is 2.42 bits per heavy atom. The van der Waals surface area contributed by atoms with Crippen molar-refractivity contribution in [1.82, 2.24) is 0 Å². The van der Waals surface area contributed by atoms with Gasteiger partial charge in [-0.2, -0.15) is 20.9 Å². The molecule has 0 fully saturated rings. The fraction of sp³-hybridized carbons (Fsp3) is 0.0833. The molecular formula is C12H7N5O2. The average molecular weight is 253 g/mol. The smallest absolute Gasteiger partial charge is 0.337 e. The fourth-order valence-electron chi connectivity index (χ4n) is 1.36. The molecule has 2 N–H and O–H groups in total. The molecule has 7 heteroatoms. The van der Waals surface area contributed by atoms with E-state index in [4.69, 9.17) is 20.9 Å². The van der Waals surface area contributed by atoms with Crippen LogP contribution in [0.25, 0.3) is 0 Å². The standard InChI is InChI=1S/C12H7N5O2/c1-7-2-8(4-13)3-10(12(18)19)11(7)17-16-9(5-14)6-15/h2-3,17H,1H3,(H,18,19). The summed E-state index contributed by atoms with van der Waals surface area (Å²) < 4.78 is 0. The van der Waals surface area contributed by atoms with Gasteiger partial charge in [-0.05, 0) is 24.6 Å². The highest BCUT2D eigenvalue weighted by molar-refractivity contribution is 6.10. The minimum absolute atomic E-state index is 0.134. The Morgan fingerprint density at radius 1 is 1.32 bits per heavy atom. The first-order chi connectivity index (χ1) is 9.03. The minimum Gasteiger partial charge on any atom is -0.478 e. The van der Waals surface area contributed by atoms with E-state index in [1.165, 1.54) is 24.3 Å². The SMILES string of the molecule is Cc1cc(C#N)cc(C(=O)O)c1NN=C(C#N)C#N. The van der Waals surface area contributed by atoms with E-state index in [2.05, 4.69) is 10.5 Å². The van der Waals surface area contributed by atoms with Crippen molar-refractivity contribution in [2.75, 3.05) is 5.43 Å². The third-order valence-corrected chi connectivity index (χ3v) is 2.19. The molecule has 1 aromatic rings. The number of carbonyl (C=O) groups is 1. The normalized spacial score (nSPS) is 8.53. The van der Waals surface area contributed by atoms with Gasteiger partial charge in [-0.15, -0.1) is 0 Å². The van der Waals surface area contributed by atoms with Crippen molar-refractivity contribution >= 4 is 17.4 Å². The van der Waals surface area contributed by atoms with E-state index in [1.807, 2.05) is 6.07 Å². The van der Waals surface area contributed by atoms with Crippen molar-refractivity contribution in [3.63, 3.8) is 0 Å². The summed E-state index contributed by atoms with van der Waals surface area (Å²) in [7, 11) is 0. The number of carboxylic acid groups (broad SMARTS) is 1. The van der Waals surface area contributed by atoms with Crippen LogP contribution in [0.5, 0.6) is 0 Å². The second kappa shape index (κ2) is 5.81. The van der Waals surface area contributed by atoms with Crippen LogP contribution in [0.4, 0.5) is 5.69 Å². The van der Waals surface area contributed by atoms with Gasteiger partial charge in [0.25, 0.3) is 0 Å². The topological polar surface area (TPSA) is 133 Å². The average Bonchev–Trinajstić information content (AvgIpc) is 2.40. The quantitative estimate of drug-likeness (QED) is 0.617. The van der Waals surface area contributed by atoms with Gasteiger partial charge in [-0.25, -0.2) is 4.79 Å². The number of anilines is 1. The Balaban J connectivity index is 3.33. The summed E-state index contributed by atoms with van der Waals surface area (Å²) in [5.74, 6) is -1.24. The number of hydrogen-bond acceptors (Lipinski definition) is 6. The Kier molecular flexibility index (Phi) is 4.19. The minimum atomic E-state index is -1.24. The summed E-state index contributed by atoms with van der Waals surface area (Å²) in [5.41, 5.74) is 2.58. The Bertz CT molecular complexity index is 670. The fourth-order valence-corrected chi connectivity index (χ4v) is 1.36. The first-order valence-electron chi connectivity index (χ1n) is 4.95.